The Labute approximate surface area is 198 Å². The zero-order valence-corrected chi connectivity index (χ0v) is 19.8. The van der Waals surface area contributed by atoms with Crippen molar-refractivity contribution >= 4 is 11.9 Å². The van der Waals surface area contributed by atoms with Crippen molar-refractivity contribution in [3.63, 3.8) is 0 Å². The van der Waals surface area contributed by atoms with E-state index in [1.807, 2.05) is 32.9 Å². The van der Waals surface area contributed by atoms with Crippen molar-refractivity contribution in [3.8, 4) is 6.01 Å². The minimum atomic E-state index is -0.534. The third kappa shape index (κ3) is 6.23. The van der Waals surface area contributed by atoms with E-state index in [9.17, 15) is 14.9 Å². The fourth-order valence-corrected chi connectivity index (χ4v) is 3.97. The molecule has 0 bridgehead atoms. The van der Waals surface area contributed by atoms with E-state index in [4.69, 9.17) is 14.2 Å². The molecule has 1 atom stereocenters. The molecule has 0 radical (unpaired) electrons. The van der Waals surface area contributed by atoms with Gasteiger partial charge in [-0.3, -0.25) is 9.47 Å². The molecule has 1 aromatic carbocycles. The smallest absolute Gasteiger partial charge is 0.414 e. The molecule has 34 heavy (non-hydrogen) atoms. The highest BCUT2D eigenvalue weighted by Gasteiger charge is 2.28. The van der Waals surface area contributed by atoms with Crippen molar-refractivity contribution in [2.24, 2.45) is 0 Å². The van der Waals surface area contributed by atoms with E-state index < -0.39 is 10.5 Å². The predicted octanol–water partition coefficient (Wildman–Crippen LogP) is 2.82. The molecule has 184 valence electrons. The molecule has 2 aliphatic heterocycles. The Morgan fingerprint density at radius 3 is 2.68 bits per heavy atom. The van der Waals surface area contributed by atoms with Crippen LogP contribution in [0, 0.1) is 10.1 Å². The van der Waals surface area contributed by atoms with Crippen LogP contribution in [0.15, 0.2) is 30.5 Å². The van der Waals surface area contributed by atoms with Crippen LogP contribution in [0.25, 0.3) is 0 Å². The van der Waals surface area contributed by atoms with E-state index in [1.54, 1.807) is 9.47 Å². The number of fused-ring (bicyclic) bond motifs is 1. The molecule has 0 spiro atoms. The van der Waals surface area contributed by atoms with Gasteiger partial charge < -0.3 is 29.2 Å². The Hall–Kier alpha value is -3.18. The number of nitrogens with zero attached hydrogens (tertiary/aromatic N) is 5. The lowest BCUT2D eigenvalue weighted by Crippen LogP contribution is -2.49. The van der Waals surface area contributed by atoms with E-state index in [-0.39, 0.29) is 24.0 Å². The Balaban J connectivity index is 1.24. The predicted molar refractivity (Wildman–Crippen MR) is 122 cm³/mol. The summed E-state index contributed by atoms with van der Waals surface area (Å²) < 4.78 is 18.6. The quantitative estimate of drug-likeness (QED) is 0.465. The maximum Gasteiger partial charge on any atom is 0.414 e. The van der Waals surface area contributed by atoms with Gasteiger partial charge in [-0.15, -0.1) is 0 Å². The summed E-state index contributed by atoms with van der Waals surface area (Å²) in [6.07, 6.45) is 0.898. The van der Waals surface area contributed by atoms with Crippen LogP contribution in [0.5, 0.6) is 6.01 Å². The number of carbonyl (C=O) groups is 1. The third-order valence-electron chi connectivity index (χ3n) is 5.62. The highest BCUT2D eigenvalue weighted by molar-refractivity contribution is 5.68. The number of carbonyl (C=O) groups excluding carboxylic acids is 1. The lowest BCUT2D eigenvalue weighted by atomic mass is 10.1. The average Bonchev–Trinajstić information content (AvgIpc) is 3.21. The molecule has 1 unspecified atom stereocenters. The van der Waals surface area contributed by atoms with E-state index in [1.165, 1.54) is 11.8 Å². The van der Waals surface area contributed by atoms with Crippen LogP contribution in [0.1, 0.15) is 31.9 Å². The first kappa shape index (κ1) is 24.0. The second-order valence-corrected chi connectivity index (χ2v) is 9.60. The summed E-state index contributed by atoms with van der Waals surface area (Å²) in [7, 11) is 0. The molecule has 11 heteroatoms. The maximum atomic E-state index is 12.3. The van der Waals surface area contributed by atoms with Gasteiger partial charge in [-0.2, -0.15) is 0 Å². The Morgan fingerprint density at radius 2 is 1.97 bits per heavy atom. The molecule has 0 saturated carbocycles. The number of rotatable bonds is 6. The monoisotopic (exact) mass is 473 g/mol. The van der Waals surface area contributed by atoms with E-state index >= 15 is 0 Å². The minimum absolute atomic E-state index is 0.217. The lowest BCUT2D eigenvalue weighted by Gasteiger charge is -2.35. The Morgan fingerprint density at radius 1 is 1.24 bits per heavy atom. The molecule has 1 aromatic heterocycles. The molecule has 1 amide bonds. The number of hydrogen-bond donors (Lipinski definition) is 0. The zero-order valence-electron chi connectivity index (χ0n) is 19.8. The van der Waals surface area contributed by atoms with Crippen molar-refractivity contribution in [2.45, 2.75) is 52.2 Å². The molecule has 3 heterocycles. The van der Waals surface area contributed by atoms with Crippen molar-refractivity contribution in [2.75, 3.05) is 32.8 Å². The minimum Gasteiger partial charge on any atom is -0.444 e. The van der Waals surface area contributed by atoms with Gasteiger partial charge in [-0.1, -0.05) is 24.3 Å². The molecule has 1 saturated heterocycles. The fraction of sp³-hybridized carbons (Fsp3) is 0.565. The summed E-state index contributed by atoms with van der Waals surface area (Å²) >= 11 is 0. The summed E-state index contributed by atoms with van der Waals surface area (Å²) in [5.41, 5.74) is 1.74. The molecule has 2 aliphatic rings. The Kier molecular flexibility index (Phi) is 7.03. The van der Waals surface area contributed by atoms with Crippen LogP contribution in [-0.4, -0.2) is 74.9 Å². The first-order valence-corrected chi connectivity index (χ1v) is 11.4. The number of hydrogen-bond acceptors (Lipinski definition) is 8. The van der Waals surface area contributed by atoms with Gasteiger partial charge in [0.2, 0.25) is 0 Å². The van der Waals surface area contributed by atoms with Crippen LogP contribution in [0.3, 0.4) is 0 Å². The summed E-state index contributed by atoms with van der Waals surface area (Å²) in [4.78, 5) is 30.6. The normalized spacial score (nSPS) is 18.8. The first-order valence-electron chi connectivity index (χ1n) is 11.4. The Bertz CT molecular complexity index is 1030. The van der Waals surface area contributed by atoms with Crippen LogP contribution >= 0.6 is 0 Å². The molecule has 11 nitrogen and oxygen atoms in total. The lowest BCUT2D eigenvalue weighted by molar-refractivity contribution is -0.389. The summed E-state index contributed by atoms with van der Waals surface area (Å²) in [6, 6.07) is 8.49. The van der Waals surface area contributed by atoms with Crippen molar-refractivity contribution in [1.29, 1.82) is 0 Å². The highest BCUT2D eigenvalue weighted by atomic mass is 16.6. The third-order valence-corrected chi connectivity index (χ3v) is 5.62. The van der Waals surface area contributed by atoms with Gasteiger partial charge in [-0.25, -0.2) is 4.79 Å². The second kappa shape index (κ2) is 9.98. The van der Waals surface area contributed by atoms with Gasteiger partial charge in [0, 0.05) is 37.7 Å². The number of amides is 1. The van der Waals surface area contributed by atoms with Crippen LogP contribution in [0.2, 0.25) is 0 Å². The molecule has 1 fully saturated rings. The number of ether oxygens (including phenoxy) is 3. The van der Waals surface area contributed by atoms with Crippen LogP contribution in [-0.2, 0) is 29.2 Å². The maximum absolute atomic E-state index is 12.3. The number of aromatic nitrogens is 2. The molecular formula is C23H31N5O6. The van der Waals surface area contributed by atoms with Crippen LogP contribution in [0.4, 0.5) is 10.6 Å². The topological polar surface area (TPSA) is 112 Å². The van der Waals surface area contributed by atoms with E-state index in [0.717, 1.165) is 25.2 Å². The molecule has 0 aliphatic carbocycles. The van der Waals surface area contributed by atoms with Crippen molar-refractivity contribution in [1.82, 2.24) is 19.4 Å². The molecule has 2 aromatic rings. The van der Waals surface area contributed by atoms with Gasteiger partial charge in [0.1, 0.15) is 24.5 Å². The SMILES string of the molecule is CC(C)(C)OC(=O)N1CCN(Cc2cccc(COC3COc4nc([N+](=O)[O-])cn4C3)c2)CC1. The van der Waals surface area contributed by atoms with Gasteiger partial charge >= 0.3 is 17.9 Å². The largest absolute Gasteiger partial charge is 0.444 e. The summed E-state index contributed by atoms with van der Waals surface area (Å²) in [6.45, 7) is 10.5. The zero-order chi connectivity index (χ0) is 24.3. The van der Waals surface area contributed by atoms with Crippen molar-refractivity contribution in [3.05, 3.63) is 51.7 Å². The highest BCUT2D eigenvalue weighted by Crippen LogP contribution is 2.23. The molecule has 4 rings (SSSR count). The number of piperazine rings is 1. The van der Waals surface area contributed by atoms with E-state index in [2.05, 4.69) is 22.0 Å². The number of benzene rings is 1. The second-order valence-electron chi connectivity index (χ2n) is 9.60. The first-order chi connectivity index (χ1) is 16.2. The van der Waals surface area contributed by atoms with Crippen molar-refractivity contribution < 1.29 is 23.9 Å². The van der Waals surface area contributed by atoms with Gasteiger partial charge in [-0.05, 0) is 36.8 Å². The van der Waals surface area contributed by atoms with Gasteiger partial charge in [0.25, 0.3) is 0 Å². The molecular weight excluding hydrogens is 442 g/mol. The van der Waals surface area contributed by atoms with E-state index in [0.29, 0.717) is 32.8 Å². The summed E-state index contributed by atoms with van der Waals surface area (Å²) in [5, 5.41) is 10.9. The standard InChI is InChI=1S/C23H31N5O6/c1-23(2,3)34-22(29)26-9-7-25(8-10-26)12-17-5-4-6-18(11-17)15-32-19-13-27-14-20(28(30)31)24-21(27)33-16-19/h4-6,11,14,19H,7-10,12-13,15-16H2,1-3H3. The molecule has 0 N–H and O–H groups in total. The summed E-state index contributed by atoms with van der Waals surface area (Å²) in [5.74, 6) is -0.227. The van der Waals surface area contributed by atoms with Crippen LogP contribution < -0.4 is 4.74 Å². The average molecular weight is 474 g/mol. The van der Waals surface area contributed by atoms with Gasteiger partial charge in [0.15, 0.2) is 0 Å². The fourth-order valence-electron chi connectivity index (χ4n) is 3.97. The number of imidazole rings is 1. The number of nitro groups is 1. The van der Waals surface area contributed by atoms with Gasteiger partial charge in [0.05, 0.1) is 13.2 Å².